The molecule has 0 bridgehead atoms. The fourth-order valence-electron chi connectivity index (χ4n) is 4.60. The second-order valence-corrected chi connectivity index (χ2v) is 9.47. The van der Waals surface area contributed by atoms with E-state index < -0.39 is 0 Å². The van der Waals surface area contributed by atoms with Gasteiger partial charge in [-0.05, 0) is 73.9 Å². The van der Waals surface area contributed by atoms with Gasteiger partial charge in [0.05, 0.1) is 0 Å². The molecule has 1 unspecified atom stereocenters. The Hall–Kier alpha value is -3.39. The molecule has 0 spiro atoms. The predicted molar refractivity (Wildman–Crippen MR) is 147 cm³/mol. The molecular formula is C32H38N2. The molecule has 2 nitrogen and oxygen atoms in total. The van der Waals surface area contributed by atoms with Crippen LogP contribution in [0.15, 0.2) is 102 Å². The third-order valence-corrected chi connectivity index (χ3v) is 6.62. The van der Waals surface area contributed by atoms with Gasteiger partial charge in [-0.3, -0.25) is 0 Å². The highest BCUT2D eigenvalue weighted by Crippen LogP contribution is 2.34. The third kappa shape index (κ3) is 6.35. The number of hydrogen-bond acceptors (Lipinski definition) is 2. The van der Waals surface area contributed by atoms with Crippen molar-refractivity contribution in [1.29, 1.82) is 5.41 Å². The van der Waals surface area contributed by atoms with Gasteiger partial charge in [0.25, 0.3) is 0 Å². The lowest BCUT2D eigenvalue weighted by atomic mass is 9.86. The summed E-state index contributed by atoms with van der Waals surface area (Å²) in [6.07, 6.45) is 1.88. The maximum atomic E-state index is 8.00. The van der Waals surface area contributed by atoms with Crippen molar-refractivity contribution in [2.45, 2.75) is 53.0 Å². The van der Waals surface area contributed by atoms with Gasteiger partial charge in [-0.25, -0.2) is 0 Å². The molecule has 0 saturated carbocycles. The fourth-order valence-corrected chi connectivity index (χ4v) is 4.60. The summed E-state index contributed by atoms with van der Waals surface area (Å²) in [6, 6.07) is 28.2. The van der Waals surface area contributed by atoms with Gasteiger partial charge in [0, 0.05) is 30.9 Å². The summed E-state index contributed by atoms with van der Waals surface area (Å²) >= 11 is 0. The summed E-state index contributed by atoms with van der Waals surface area (Å²) in [5.74, 6) is 0.124. The van der Waals surface area contributed by atoms with Gasteiger partial charge < -0.3 is 10.3 Å². The van der Waals surface area contributed by atoms with Crippen LogP contribution in [-0.4, -0.2) is 17.7 Å². The number of nitrogens with zero attached hydrogens (tertiary/aromatic N) is 1. The quantitative estimate of drug-likeness (QED) is 0.311. The number of rotatable bonds is 10. The van der Waals surface area contributed by atoms with Crippen molar-refractivity contribution in [2.75, 3.05) is 7.05 Å². The number of allylic oxidation sites excluding steroid dienone is 3. The number of likely N-dealkylation sites (N-methyl/N-ethyl adjacent to an activating group) is 1. The second kappa shape index (κ2) is 11.7. The number of hydrogen-bond donors (Lipinski definition) is 1. The summed E-state index contributed by atoms with van der Waals surface area (Å²) in [6.45, 7) is 13.6. The average molecular weight is 451 g/mol. The molecule has 0 aromatic heterocycles. The molecule has 1 N–H and O–H groups in total. The van der Waals surface area contributed by atoms with E-state index in [4.69, 9.17) is 5.41 Å². The molecule has 0 aliphatic rings. The van der Waals surface area contributed by atoms with Crippen molar-refractivity contribution >= 4 is 5.71 Å². The van der Waals surface area contributed by atoms with Crippen molar-refractivity contribution in [3.8, 4) is 0 Å². The molecule has 0 heterocycles. The molecule has 2 heteroatoms. The Labute approximate surface area is 206 Å². The van der Waals surface area contributed by atoms with Crippen molar-refractivity contribution < 1.29 is 0 Å². The average Bonchev–Trinajstić information content (AvgIpc) is 2.82. The monoisotopic (exact) mass is 450 g/mol. The van der Waals surface area contributed by atoms with Gasteiger partial charge in [0.2, 0.25) is 0 Å². The molecule has 0 aliphatic carbocycles. The lowest BCUT2D eigenvalue weighted by Gasteiger charge is -2.30. The van der Waals surface area contributed by atoms with E-state index in [1.807, 2.05) is 6.92 Å². The van der Waals surface area contributed by atoms with Crippen LogP contribution < -0.4 is 0 Å². The normalized spacial score (nSPS) is 11.6. The maximum absolute atomic E-state index is 8.00. The fraction of sp³-hybridized carbons (Fsp3) is 0.281. The highest BCUT2D eigenvalue weighted by Gasteiger charge is 2.22. The number of nitrogens with one attached hydrogen (secondary N) is 1. The van der Waals surface area contributed by atoms with E-state index in [-0.39, 0.29) is 5.92 Å². The summed E-state index contributed by atoms with van der Waals surface area (Å²) < 4.78 is 0. The van der Waals surface area contributed by atoms with Gasteiger partial charge in [-0.15, -0.1) is 0 Å². The van der Waals surface area contributed by atoms with Crippen LogP contribution in [0, 0.1) is 12.3 Å². The van der Waals surface area contributed by atoms with Crippen LogP contribution in [0.1, 0.15) is 60.9 Å². The van der Waals surface area contributed by atoms with Crippen LogP contribution in [0.5, 0.6) is 0 Å². The zero-order chi connectivity index (χ0) is 24.7. The molecule has 0 radical (unpaired) electrons. The Morgan fingerprint density at radius 3 is 2.03 bits per heavy atom. The Bertz CT molecular complexity index is 1150. The molecule has 3 aromatic rings. The highest BCUT2D eigenvalue weighted by atomic mass is 15.1. The lowest BCUT2D eigenvalue weighted by molar-refractivity contribution is 0.392. The van der Waals surface area contributed by atoms with Gasteiger partial charge in [0.1, 0.15) is 0 Å². The molecule has 0 fully saturated rings. The highest BCUT2D eigenvalue weighted by molar-refractivity contribution is 5.96. The van der Waals surface area contributed by atoms with Gasteiger partial charge in [0.15, 0.2) is 0 Å². The van der Waals surface area contributed by atoms with E-state index in [1.54, 1.807) is 0 Å². The molecule has 176 valence electrons. The van der Waals surface area contributed by atoms with Crippen molar-refractivity contribution in [3.63, 3.8) is 0 Å². The van der Waals surface area contributed by atoms with Crippen LogP contribution in [0.2, 0.25) is 0 Å². The first-order valence-corrected chi connectivity index (χ1v) is 12.1. The Balaban J connectivity index is 1.74. The lowest BCUT2D eigenvalue weighted by Crippen LogP contribution is -2.22. The van der Waals surface area contributed by atoms with E-state index in [2.05, 4.69) is 118 Å². The first kappa shape index (κ1) is 25.2. The topological polar surface area (TPSA) is 27.1 Å². The van der Waals surface area contributed by atoms with Crippen LogP contribution in [0.4, 0.5) is 0 Å². The molecular weight excluding hydrogens is 412 g/mol. The maximum Gasteiger partial charge on any atom is 0.0486 e. The van der Waals surface area contributed by atoms with Crippen LogP contribution in [0.25, 0.3) is 0 Å². The summed E-state index contributed by atoms with van der Waals surface area (Å²) in [4.78, 5) is 2.28. The van der Waals surface area contributed by atoms with Gasteiger partial charge in [-0.2, -0.15) is 0 Å². The van der Waals surface area contributed by atoms with Gasteiger partial charge >= 0.3 is 0 Å². The van der Waals surface area contributed by atoms with E-state index in [0.29, 0.717) is 5.71 Å². The predicted octanol–water partition coefficient (Wildman–Crippen LogP) is 8.08. The molecule has 1 atom stereocenters. The summed E-state index contributed by atoms with van der Waals surface area (Å²) in [5.41, 5.74) is 10.6. The molecule has 34 heavy (non-hydrogen) atoms. The number of aryl methyl sites for hydroxylation is 2. The molecule has 0 saturated heterocycles. The Morgan fingerprint density at radius 2 is 1.44 bits per heavy atom. The van der Waals surface area contributed by atoms with Crippen molar-refractivity contribution in [2.24, 2.45) is 0 Å². The standard InChI is InChI=1S/C32H38N2/c1-23(2)30(25(4)33)21-20-27-16-18-28(19-17-27)22-34(6)26(5)32(29-13-8-7-9-14-29)31-15-11-10-12-24(31)3/h7-19,32-33H,5,20-22H2,1-4,6H3. The largest absolute Gasteiger partial charge is 0.373 e. The van der Waals surface area contributed by atoms with Crippen LogP contribution in [0.3, 0.4) is 0 Å². The Kier molecular flexibility index (Phi) is 8.65. The molecule has 0 aliphatic heterocycles. The zero-order valence-electron chi connectivity index (χ0n) is 21.4. The molecule has 3 rings (SSSR count). The first-order chi connectivity index (χ1) is 16.3. The molecule has 3 aromatic carbocycles. The number of benzene rings is 3. The Morgan fingerprint density at radius 1 is 0.853 bits per heavy atom. The van der Waals surface area contributed by atoms with Crippen LogP contribution in [-0.2, 0) is 13.0 Å². The SMILES string of the molecule is C=C(C(c1ccccc1)c1ccccc1C)N(C)Cc1ccc(CCC(C(C)=N)=C(C)C)cc1. The van der Waals surface area contributed by atoms with E-state index >= 15 is 0 Å². The minimum absolute atomic E-state index is 0.124. The van der Waals surface area contributed by atoms with Crippen molar-refractivity contribution in [3.05, 3.63) is 130 Å². The van der Waals surface area contributed by atoms with E-state index in [0.717, 1.165) is 25.1 Å². The van der Waals surface area contributed by atoms with Crippen LogP contribution >= 0.6 is 0 Å². The summed E-state index contributed by atoms with van der Waals surface area (Å²) in [7, 11) is 2.14. The minimum Gasteiger partial charge on any atom is -0.373 e. The smallest absolute Gasteiger partial charge is 0.0486 e. The zero-order valence-corrected chi connectivity index (χ0v) is 21.4. The van der Waals surface area contributed by atoms with Gasteiger partial charge in [-0.1, -0.05) is 91.0 Å². The first-order valence-electron chi connectivity index (χ1n) is 12.1. The second-order valence-electron chi connectivity index (χ2n) is 9.47. The third-order valence-electron chi connectivity index (χ3n) is 6.62. The van der Waals surface area contributed by atoms with Crippen molar-refractivity contribution in [1.82, 2.24) is 4.90 Å². The summed E-state index contributed by atoms with van der Waals surface area (Å²) in [5, 5.41) is 8.00. The van der Waals surface area contributed by atoms with E-state index in [1.165, 1.54) is 39.0 Å². The minimum atomic E-state index is 0.124. The van der Waals surface area contributed by atoms with E-state index in [9.17, 15) is 0 Å². The molecule has 0 amide bonds.